The molecule has 0 saturated carbocycles. The number of carbonyl (C=O) groups excluding carboxylic acids is 2. The molecule has 3 unspecified atom stereocenters. The highest BCUT2D eigenvalue weighted by Gasteiger charge is 2.41. The predicted octanol–water partition coefficient (Wildman–Crippen LogP) is 1.99. The van der Waals surface area contributed by atoms with E-state index >= 15 is 0 Å². The molecule has 1 aromatic carbocycles. The van der Waals surface area contributed by atoms with Gasteiger partial charge >= 0.3 is 0 Å². The molecule has 1 aliphatic rings. The monoisotopic (exact) mass is 288 g/mol. The molecule has 1 fully saturated rings. The molecular weight excluding hydrogens is 264 g/mol. The quantitative estimate of drug-likeness (QED) is 0.901. The summed E-state index contributed by atoms with van der Waals surface area (Å²) in [7, 11) is 0. The van der Waals surface area contributed by atoms with Crippen molar-refractivity contribution in [2.24, 2.45) is 5.92 Å². The van der Waals surface area contributed by atoms with Crippen LogP contribution in [0.1, 0.15) is 32.8 Å². The van der Waals surface area contributed by atoms with Crippen LogP contribution in [0.5, 0.6) is 0 Å². The fourth-order valence-corrected chi connectivity index (χ4v) is 2.82. The molecule has 1 heterocycles. The Morgan fingerprint density at radius 3 is 2.43 bits per heavy atom. The molecule has 2 amide bonds. The molecular formula is C17H24N2O2. The van der Waals surface area contributed by atoms with Crippen LogP contribution < -0.4 is 5.32 Å². The number of hydrogen-bond donors (Lipinski definition) is 1. The highest BCUT2D eigenvalue weighted by Crippen LogP contribution is 2.20. The largest absolute Gasteiger partial charge is 0.342 e. The molecule has 4 nitrogen and oxygen atoms in total. The average Bonchev–Trinajstić information content (AvgIpc) is 2.51. The molecule has 4 heteroatoms. The lowest BCUT2D eigenvalue weighted by Gasteiger charge is -2.40. The molecule has 0 spiro atoms. The second-order valence-electron chi connectivity index (χ2n) is 5.70. The maximum Gasteiger partial charge on any atom is 0.246 e. The van der Waals surface area contributed by atoms with E-state index in [1.54, 1.807) is 4.90 Å². The number of rotatable bonds is 5. The summed E-state index contributed by atoms with van der Waals surface area (Å²) in [6, 6.07) is 9.07. The van der Waals surface area contributed by atoms with Gasteiger partial charge in [0.15, 0.2) is 0 Å². The van der Waals surface area contributed by atoms with E-state index in [1.807, 2.05) is 51.1 Å². The first-order valence-corrected chi connectivity index (χ1v) is 7.73. The molecule has 3 atom stereocenters. The van der Waals surface area contributed by atoms with E-state index in [9.17, 15) is 9.59 Å². The Bertz CT molecular complexity index is 501. The average molecular weight is 288 g/mol. The molecule has 1 aromatic rings. The van der Waals surface area contributed by atoms with Crippen LogP contribution in [-0.2, 0) is 16.0 Å². The van der Waals surface area contributed by atoms with Crippen LogP contribution in [0.25, 0.3) is 0 Å². The third kappa shape index (κ3) is 3.26. The van der Waals surface area contributed by atoms with Crippen LogP contribution >= 0.6 is 0 Å². The van der Waals surface area contributed by atoms with Gasteiger partial charge in [0.2, 0.25) is 11.8 Å². The number of nitrogens with one attached hydrogen (secondary N) is 1. The number of benzene rings is 1. The van der Waals surface area contributed by atoms with E-state index in [2.05, 4.69) is 5.32 Å². The third-order valence-corrected chi connectivity index (χ3v) is 4.35. The normalized spacial score (nSPS) is 23.9. The van der Waals surface area contributed by atoms with E-state index in [0.717, 1.165) is 12.0 Å². The number of amides is 2. The molecule has 1 saturated heterocycles. The second kappa shape index (κ2) is 6.74. The fourth-order valence-electron chi connectivity index (χ4n) is 2.82. The van der Waals surface area contributed by atoms with Gasteiger partial charge in [-0.25, -0.2) is 0 Å². The van der Waals surface area contributed by atoms with Gasteiger partial charge in [0.05, 0.1) is 0 Å². The first kappa shape index (κ1) is 15.5. The summed E-state index contributed by atoms with van der Waals surface area (Å²) in [5.74, 6) is 0.172. The lowest BCUT2D eigenvalue weighted by atomic mass is 9.92. The van der Waals surface area contributed by atoms with E-state index in [4.69, 9.17) is 0 Å². The van der Waals surface area contributed by atoms with Crippen molar-refractivity contribution in [2.75, 3.05) is 6.54 Å². The molecule has 114 valence electrons. The maximum atomic E-state index is 12.6. The van der Waals surface area contributed by atoms with Gasteiger partial charge in [0.1, 0.15) is 12.1 Å². The summed E-state index contributed by atoms with van der Waals surface area (Å²) < 4.78 is 0. The summed E-state index contributed by atoms with van der Waals surface area (Å²) >= 11 is 0. The van der Waals surface area contributed by atoms with Crippen molar-refractivity contribution in [3.8, 4) is 0 Å². The topological polar surface area (TPSA) is 49.4 Å². The summed E-state index contributed by atoms with van der Waals surface area (Å²) in [4.78, 5) is 26.8. The molecule has 0 aromatic heterocycles. The Morgan fingerprint density at radius 1 is 1.19 bits per heavy atom. The summed E-state index contributed by atoms with van der Waals surface area (Å²) in [6.07, 6.45) is 1.44. The first-order chi connectivity index (χ1) is 10.1. The SMILES string of the molecule is CCC(C)C1NC(=O)C(Cc2ccccc2)N(CC)C1=O. The molecule has 0 bridgehead atoms. The van der Waals surface area contributed by atoms with Crippen molar-refractivity contribution in [2.45, 2.75) is 45.7 Å². The maximum absolute atomic E-state index is 12.6. The first-order valence-electron chi connectivity index (χ1n) is 7.73. The van der Waals surface area contributed by atoms with Gasteiger partial charge in [-0.2, -0.15) is 0 Å². The van der Waals surface area contributed by atoms with Gasteiger partial charge in [-0.05, 0) is 18.4 Å². The van der Waals surface area contributed by atoms with E-state index in [-0.39, 0.29) is 23.8 Å². The van der Waals surface area contributed by atoms with Gasteiger partial charge in [-0.1, -0.05) is 50.6 Å². The number of piperazine rings is 1. The zero-order valence-electron chi connectivity index (χ0n) is 13.0. The van der Waals surface area contributed by atoms with Crippen molar-refractivity contribution in [1.29, 1.82) is 0 Å². The second-order valence-corrected chi connectivity index (χ2v) is 5.70. The Labute approximate surface area is 126 Å². The summed E-state index contributed by atoms with van der Waals surface area (Å²) in [5, 5.41) is 2.92. The van der Waals surface area contributed by atoms with Crippen molar-refractivity contribution in [3.63, 3.8) is 0 Å². The zero-order chi connectivity index (χ0) is 15.4. The number of hydrogen-bond acceptors (Lipinski definition) is 2. The van der Waals surface area contributed by atoms with E-state index in [1.165, 1.54) is 0 Å². The minimum Gasteiger partial charge on any atom is -0.342 e. The van der Waals surface area contributed by atoms with Crippen LogP contribution in [0, 0.1) is 5.92 Å². The van der Waals surface area contributed by atoms with Crippen molar-refractivity contribution >= 4 is 11.8 Å². The van der Waals surface area contributed by atoms with Crippen LogP contribution in [0.2, 0.25) is 0 Å². The van der Waals surface area contributed by atoms with Crippen molar-refractivity contribution in [3.05, 3.63) is 35.9 Å². The predicted molar refractivity (Wildman–Crippen MR) is 82.7 cm³/mol. The number of likely N-dealkylation sites (N-methyl/N-ethyl adjacent to an activating group) is 1. The van der Waals surface area contributed by atoms with E-state index < -0.39 is 6.04 Å². The Balaban J connectivity index is 2.19. The fraction of sp³-hybridized carbons (Fsp3) is 0.529. The van der Waals surface area contributed by atoms with Gasteiger partial charge < -0.3 is 10.2 Å². The summed E-state index contributed by atoms with van der Waals surface area (Å²) in [5.41, 5.74) is 1.07. The highest BCUT2D eigenvalue weighted by atomic mass is 16.2. The standard InChI is InChI=1S/C17H24N2O2/c1-4-12(3)15-17(21)19(5-2)14(16(20)18-15)11-13-9-7-6-8-10-13/h6-10,12,14-15H,4-5,11H2,1-3H3,(H,18,20). The molecule has 21 heavy (non-hydrogen) atoms. The van der Waals surface area contributed by atoms with Gasteiger partial charge in [0, 0.05) is 13.0 Å². The minimum atomic E-state index is -0.398. The lowest BCUT2D eigenvalue weighted by molar-refractivity contribution is -0.150. The number of carbonyl (C=O) groups is 2. The Hall–Kier alpha value is -1.84. The van der Waals surface area contributed by atoms with Crippen molar-refractivity contribution in [1.82, 2.24) is 10.2 Å². The molecule has 1 N–H and O–H groups in total. The van der Waals surface area contributed by atoms with Gasteiger partial charge in [-0.15, -0.1) is 0 Å². The number of nitrogens with zero attached hydrogens (tertiary/aromatic N) is 1. The minimum absolute atomic E-state index is 0.0365. The lowest BCUT2D eigenvalue weighted by Crippen LogP contribution is -2.65. The smallest absolute Gasteiger partial charge is 0.246 e. The Kier molecular flexibility index (Phi) is 4.99. The van der Waals surface area contributed by atoms with Crippen LogP contribution in [0.4, 0.5) is 0 Å². The molecule has 1 aliphatic heterocycles. The van der Waals surface area contributed by atoms with Gasteiger partial charge in [0.25, 0.3) is 0 Å². The van der Waals surface area contributed by atoms with Crippen LogP contribution in [0.15, 0.2) is 30.3 Å². The van der Waals surface area contributed by atoms with Crippen LogP contribution in [-0.4, -0.2) is 35.3 Å². The molecule has 0 radical (unpaired) electrons. The van der Waals surface area contributed by atoms with Gasteiger partial charge in [-0.3, -0.25) is 9.59 Å². The zero-order valence-corrected chi connectivity index (χ0v) is 13.0. The molecule has 0 aliphatic carbocycles. The Morgan fingerprint density at radius 2 is 1.86 bits per heavy atom. The third-order valence-electron chi connectivity index (χ3n) is 4.35. The molecule has 2 rings (SSSR count). The van der Waals surface area contributed by atoms with E-state index in [0.29, 0.717) is 13.0 Å². The summed E-state index contributed by atoms with van der Waals surface area (Å²) in [6.45, 7) is 6.55. The highest BCUT2D eigenvalue weighted by molar-refractivity contribution is 5.97. The van der Waals surface area contributed by atoms with Crippen LogP contribution in [0.3, 0.4) is 0 Å². The van der Waals surface area contributed by atoms with Crippen molar-refractivity contribution < 1.29 is 9.59 Å².